The van der Waals surface area contributed by atoms with E-state index in [0.717, 1.165) is 5.01 Å². The van der Waals surface area contributed by atoms with Gasteiger partial charge in [0.2, 0.25) is 0 Å². The Labute approximate surface area is 125 Å². The summed E-state index contributed by atoms with van der Waals surface area (Å²) in [5.74, 6) is -0.530. The monoisotopic (exact) mass is 304 g/mol. The topological polar surface area (TPSA) is 74.6 Å². The van der Waals surface area contributed by atoms with E-state index in [1.807, 2.05) is 6.07 Å². The fraction of sp³-hybridized carbons (Fsp3) is 0.143. The Morgan fingerprint density at radius 2 is 2.29 bits per heavy atom. The lowest BCUT2D eigenvalue weighted by atomic mass is 9.99. The molecule has 21 heavy (non-hydrogen) atoms. The van der Waals surface area contributed by atoms with Crippen molar-refractivity contribution in [1.29, 1.82) is 5.26 Å². The van der Waals surface area contributed by atoms with Crippen molar-refractivity contribution < 1.29 is 9.13 Å². The van der Waals surface area contributed by atoms with Crippen molar-refractivity contribution in [2.24, 2.45) is 10.8 Å². The minimum Gasteiger partial charge on any atom is -0.383 e. The van der Waals surface area contributed by atoms with Gasteiger partial charge in [-0.15, -0.1) is 0 Å². The number of rotatable bonds is 1. The molecule has 0 saturated heterocycles. The van der Waals surface area contributed by atoms with Crippen LogP contribution in [0, 0.1) is 17.1 Å². The molecule has 0 unspecified atom stereocenters. The summed E-state index contributed by atoms with van der Waals surface area (Å²) < 4.78 is 19.3. The van der Waals surface area contributed by atoms with E-state index in [4.69, 9.17) is 22.1 Å². The summed E-state index contributed by atoms with van der Waals surface area (Å²) in [6, 6.07) is 6.30. The maximum atomic E-state index is 14.1. The van der Waals surface area contributed by atoms with E-state index in [1.165, 1.54) is 18.2 Å². The highest BCUT2D eigenvalue weighted by molar-refractivity contribution is 6.33. The van der Waals surface area contributed by atoms with Crippen LogP contribution in [0.2, 0.25) is 5.02 Å². The number of allylic oxidation sites excluding steroid dienone is 1. The molecule has 0 aromatic heterocycles. The van der Waals surface area contributed by atoms with E-state index < -0.39 is 5.82 Å². The molecule has 1 aromatic carbocycles. The highest BCUT2D eigenvalue weighted by Crippen LogP contribution is 2.35. The molecule has 106 valence electrons. The second-order valence-corrected chi connectivity index (χ2v) is 4.84. The molecule has 5 nitrogen and oxygen atoms in total. The second-order valence-electron chi connectivity index (χ2n) is 4.43. The number of fused-ring (bicyclic) bond motifs is 1. The molecule has 0 amide bonds. The maximum Gasteiger partial charge on any atom is 0.150 e. The van der Waals surface area contributed by atoms with Crippen LogP contribution in [-0.4, -0.2) is 18.9 Å². The molecule has 2 N–H and O–H groups in total. The van der Waals surface area contributed by atoms with Crippen LogP contribution in [0.15, 0.2) is 46.3 Å². The third-order valence-corrected chi connectivity index (χ3v) is 3.50. The Morgan fingerprint density at radius 1 is 1.48 bits per heavy atom. The van der Waals surface area contributed by atoms with Gasteiger partial charge in [0.1, 0.15) is 29.0 Å². The molecule has 0 aliphatic carbocycles. The normalized spacial score (nSPS) is 17.9. The summed E-state index contributed by atoms with van der Waals surface area (Å²) in [6.45, 7) is 0.611. The molecule has 0 saturated carbocycles. The molecule has 0 fully saturated rings. The minimum atomic E-state index is -0.573. The van der Waals surface area contributed by atoms with Crippen molar-refractivity contribution >= 4 is 23.0 Å². The van der Waals surface area contributed by atoms with Crippen LogP contribution in [0.3, 0.4) is 0 Å². The Bertz CT molecular complexity index is 728. The molecular formula is C14H10ClFN4O. The van der Waals surface area contributed by atoms with Crippen molar-refractivity contribution in [2.45, 2.75) is 0 Å². The van der Waals surface area contributed by atoms with Crippen LogP contribution >= 0.6 is 11.6 Å². The van der Waals surface area contributed by atoms with Gasteiger partial charge in [0.15, 0.2) is 0 Å². The van der Waals surface area contributed by atoms with Gasteiger partial charge in [-0.05, 0) is 18.2 Å². The number of ether oxygens (including phenoxy) is 1. The molecule has 2 aliphatic rings. The molecule has 7 heteroatoms. The van der Waals surface area contributed by atoms with Crippen molar-refractivity contribution in [1.82, 2.24) is 0 Å². The standard InChI is InChI=1S/C14H10ClFN4O/c15-10-2-1-3-11(16)13(10)20-14(18)9(6-17)8-4-5-21-7-12(8)19-20/h1-4H,5,7,18H2. The van der Waals surface area contributed by atoms with Crippen LogP contribution in [0.1, 0.15) is 0 Å². The summed E-state index contributed by atoms with van der Waals surface area (Å²) in [5.41, 5.74) is 7.38. The van der Waals surface area contributed by atoms with Crippen LogP contribution in [-0.2, 0) is 4.74 Å². The third-order valence-electron chi connectivity index (χ3n) is 3.19. The van der Waals surface area contributed by atoms with Crippen molar-refractivity contribution in [3.05, 3.63) is 52.1 Å². The lowest BCUT2D eigenvalue weighted by Crippen LogP contribution is -2.35. The Balaban J connectivity index is 2.20. The number of nitrogens with zero attached hydrogens (tertiary/aromatic N) is 3. The first kappa shape index (κ1) is 13.6. The zero-order valence-electron chi connectivity index (χ0n) is 10.8. The summed E-state index contributed by atoms with van der Waals surface area (Å²) in [5, 5.41) is 14.9. The number of hydrogen-bond acceptors (Lipinski definition) is 5. The first-order valence-corrected chi connectivity index (χ1v) is 6.51. The molecule has 2 heterocycles. The first-order chi connectivity index (χ1) is 10.1. The minimum absolute atomic E-state index is 0.0153. The quantitative estimate of drug-likeness (QED) is 0.864. The summed E-state index contributed by atoms with van der Waals surface area (Å²) in [4.78, 5) is 0. The van der Waals surface area contributed by atoms with Gasteiger partial charge in [0.25, 0.3) is 0 Å². The largest absolute Gasteiger partial charge is 0.383 e. The Kier molecular flexibility index (Phi) is 3.37. The van der Waals surface area contributed by atoms with Gasteiger partial charge >= 0.3 is 0 Å². The first-order valence-electron chi connectivity index (χ1n) is 6.13. The number of benzene rings is 1. The molecular weight excluding hydrogens is 295 g/mol. The predicted molar refractivity (Wildman–Crippen MR) is 77.1 cm³/mol. The van der Waals surface area contributed by atoms with Crippen LogP contribution in [0.25, 0.3) is 0 Å². The zero-order chi connectivity index (χ0) is 15.0. The number of para-hydroxylation sites is 1. The average molecular weight is 305 g/mol. The highest BCUT2D eigenvalue weighted by Gasteiger charge is 2.30. The number of halogens is 2. The fourth-order valence-corrected chi connectivity index (χ4v) is 2.46. The highest BCUT2D eigenvalue weighted by atomic mass is 35.5. The fourth-order valence-electron chi connectivity index (χ4n) is 2.22. The van der Waals surface area contributed by atoms with E-state index in [2.05, 4.69) is 5.10 Å². The number of hydrogen-bond donors (Lipinski definition) is 1. The molecule has 0 spiro atoms. The third kappa shape index (κ3) is 2.17. The van der Waals surface area contributed by atoms with E-state index in [1.54, 1.807) is 6.08 Å². The smallest absolute Gasteiger partial charge is 0.150 e. The molecule has 1 aromatic rings. The molecule has 0 atom stereocenters. The van der Waals surface area contributed by atoms with E-state index in [-0.39, 0.29) is 28.7 Å². The SMILES string of the molecule is N#CC1=C(N)N(c2c(F)cccc2Cl)N=C2COCC=C21. The van der Waals surface area contributed by atoms with Gasteiger partial charge in [-0.25, -0.2) is 9.40 Å². The summed E-state index contributed by atoms with van der Waals surface area (Å²) >= 11 is 6.04. The van der Waals surface area contributed by atoms with Gasteiger partial charge in [-0.3, -0.25) is 0 Å². The second kappa shape index (κ2) is 5.20. The zero-order valence-corrected chi connectivity index (χ0v) is 11.6. The average Bonchev–Trinajstić information content (AvgIpc) is 2.47. The van der Waals surface area contributed by atoms with Crippen LogP contribution in [0.4, 0.5) is 10.1 Å². The Hall–Kier alpha value is -2.36. The summed E-state index contributed by atoms with van der Waals surface area (Å²) in [6.07, 6.45) is 1.73. The van der Waals surface area contributed by atoms with E-state index in [0.29, 0.717) is 17.9 Å². The van der Waals surface area contributed by atoms with Gasteiger partial charge in [-0.1, -0.05) is 17.7 Å². The van der Waals surface area contributed by atoms with Crippen LogP contribution in [0.5, 0.6) is 0 Å². The van der Waals surface area contributed by atoms with Crippen molar-refractivity contribution in [3.8, 4) is 6.07 Å². The van der Waals surface area contributed by atoms with Gasteiger partial charge in [-0.2, -0.15) is 10.4 Å². The van der Waals surface area contributed by atoms with Gasteiger partial charge in [0.05, 0.1) is 23.9 Å². The van der Waals surface area contributed by atoms with E-state index >= 15 is 0 Å². The van der Waals surface area contributed by atoms with Gasteiger partial charge < -0.3 is 10.5 Å². The molecule has 0 radical (unpaired) electrons. The number of anilines is 1. The molecule has 0 bridgehead atoms. The van der Waals surface area contributed by atoms with Gasteiger partial charge in [0, 0.05) is 5.57 Å². The predicted octanol–water partition coefficient (Wildman–Crippen LogP) is 2.31. The van der Waals surface area contributed by atoms with Crippen molar-refractivity contribution in [3.63, 3.8) is 0 Å². The van der Waals surface area contributed by atoms with E-state index in [9.17, 15) is 9.65 Å². The van der Waals surface area contributed by atoms with Crippen LogP contribution < -0.4 is 10.7 Å². The number of nitrogens with two attached hydrogens (primary N) is 1. The summed E-state index contributed by atoms with van der Waals surface area (Å²) in [7, 11) is 0. The number of hydrazone groups is 1. The molecule has 2 aliphatic heterocycles. The Morgan fingerprint density at radius 3 is 3.00 bits per heavy atom. The lowest BCUT2D eigenvalue weighted by Gasteiger charge is -2.29. The van der Waals surface area contributed by atoms with Crippen molar-refractivity contribution in [2.75, 3.05) is 18.2 Å². The molecule has 3 rings (SSSR count). The number of nitriles is 1. The lowest BCUT2D eigenvalue weighted by molar-refractivity contribution is 0.199. The maximum absolute atomic E-state index is 14.1.